The number of amides is 1. The van der Waals surface area contributed by atoms with E-state index in [2.05, 4.69) is 0 Å². The van der Waals surface area contributed by atoms with E-state index in [0.29, 0.717) is 48.4 Å². The number of piperazine rings is 1. The minimum Gasteiger partial charge on any atom is -0.465 e. The molecule has 1 aromatic heterocycles. The first-order valence-corrected chi connectivity index (χ1v) is 11.0. The van der Waals surface area contributed by atoms with Crippen molar-refractivity contribution >= 4 is 50.6 Å². The summed E-state index contributed by atoms with van der Waals surface area (Å²) in [6.45, 7) is 1.77. The smallest absolute Gasteiger partial charge is 0.407 e. The predicted octanol–water partition coefficient (Wildman–Crippen LogP) is 3.14. The molecular formula is C20H18ClN3O5S. The van der Waals surface area contributed by atoms with Crippen molar-refractivity contribution in [3.63, 3.8) is 0 Å². The normalized spacial score (nSPS) is 14.8. The lowest BCUT2D eigenvalue weighted by molar-refractivity contribution is 0.112. The zero-order valence-corrected chi connectivity index (χ0v) is 17.3. The van der Waals surface area contributed by atoms with Crippen molar-refractivity contribution in [3.05, 3.63) is 59.2 Å². The van der Waals surface area contributed by atoms with Gasteiger partial charge in [-0.15, -0.1) is 0 Å². The second-order valence-corrected chi connectivity index (χ2v) is 9.17. The highest BCUT2D eigenvalue weighted by atomic mass is 35.5. The lowest BCUT2D eigenvalue weighted by Gasteiger charge is -2.34. The van der Waals surface area contributed by atoms with Crippen LogP contribution in [-0.2, 0) is 10.0 Å². The Morgan fingerprint density at radius 1 is 1.03 bits per heavy atom. The van der Waals surface area contributed by atoms with Crippen LogP contribution in [0.2, 0.25) is 5.02 Å². The quantitative estimate of drug-likeness (QED) is 0.617. The Morgan fingerprint density at radius 3 is 2.30 bits per heavy atom. The molecule has 0 aliphatic carbocycles. The van der Waals surface area contributed by atoms with Crippen LogP contribution in [0.5, 0.6) is 0 Å². The van der Waals surface area contributed by atoms with E-state index in [1.54, 1.807) is 18.2 Å². The molecule has 3 aromatic rings. The molecule has 1 amide bonds. The standard InChI is InChI=1S/C20H18ClN3O5S/c21-15-1-4-17(5-2-15)30(28,29)24-12-14(13-25)18-11-16(3-6-19(18)24)22-7-9-23(10-8-22)20(26)27/h1-6,11-13H,7-10H2,(H,26,27). The number of benzene rings is 2. The summed E-state index contributed by atoms with van der Waals surface area (Å²) in [4.78, 5) is 26.2. The average molecular weight is 448 g/mol. The predicted molar refractivity (Wildman–Crippen MR) is 113 cm³/mol. The van der Waals surface area contributed by atoms with Crippen molar-refractivity contribution in [2.45, 2.75) is 4.90 Å². The van der Waals surface area contributed by atoms with E-state index < -0.39 is 16.1 Å². The number of hydrogen-bond acceptors (Lipinski definition) is 5. The first kappa shape index (κ1) is 20.2. The zero-order valence-electron chi connectivity index (χ0n) is 15.7. The fraction of sp³-hybridized carbons (Fsp3) is 0.200. The van der Waals surface area contributed by atoms with Gasteiger partial charge >= 0.3 is 6.09 Å². The van der Waals surface area contributed by atoms with Crippen LogP contribution in [0.3, 0.4) is 0 Å². The van der Waals surface area contributed by atoms with Gasteiger partial charge in [0.1, 0.15) is 0 Å². The van der Waals surface area contributed by atoms with Crippen molar-refractivity contribution < 1.29 is 23.1 Å². The molecule has 0 unspecified atom stereocenters. The van der Waals surface area contributed by atoms with E-state index >= 15 is 0 Å². The molecule has 1 aliphatic heterocycles. The number of carboxylic acid groups (broad SMARTS) is 1. The first-order valence-electron chi connectivity index (χ1n) is 9.15. The van der Waals surface area contributed by atoms with Crippen LogP contribution < -0.4 is 4.90 Å². The third-order valence-corrected chi connectivity index (χ3v) is 7.14. The maximum atomic E-state index is 13.1. The number of carbonyl (C=O) groups is 2. The fourth-order valence-corrected chi connectivity index (χ4v) is 5.08. The van der Waals surface area contributed by atoms with E-state index in [-0.39, 0.29) is 10.5 Å². The van der Waals surface area contributed by atoms with Gasteiger partial charge in [0.2, 0.25) is 0 Å². The number of halogens is 1. The molecule has 0 bridgehead atoms. The van der Waals surface area contributed by atoms with Crippen LogP contribution in [0.1, 0.15) is 10.4 Å². The zero-order chi connectivity index (χ0) is 21.5. The summed E-state index contributed by atoms with van der Waals surface area (Å²) < 4.78 is 27.3. The molecule has 0 atom stereocenters. The monoisotopic (exact) mass is 447 g/mol. The fourth-order valence-electron chi connectivity index (χ4n) is 3.58. The number of aldehydes is 1. The first-order chi connectivity index (χ1) is 14.3. The summed E-state index contributed by atoms with van der Waals surface area (Å²) >= 11 is 5.86. The Labute approximate surface area is 177 Å². The summed E-state index contributed by atoms with van der Waals surface area (Å²) in [6.07, 6.45) is 0.994. The third kappa shape index (κ3) is 3.50. The molecule has 8 nitrogen and oxygen atoms in total. The molecule has 1 saturated heterocycles. The maximum Gasteiger partial charge on any atom is 0.407 e. The molecule has 10 heteroatoms. The number of fused-ring (bicyclic) bond motifs is 1. The minimum absolute atomic E-state index is 0.0649. The van der Waals surface area contributed by atoms with Crippen LogP contribution in [0, 0.1) is 0 Å². The number of nitrogens with zero attached hydrogens (tertiary/aromatic N) is 3. The van der Waals surface area contributed by atoms with E-state index in [1.807, 2.05) is 4.90 Å². The Kier molecular flexibility index (Phi) is 5.17. The van der Waals surface area contributed by atoms with Gasteiger partial charge in [0.25, 0.3) is 10.0 Å². The van der Waals surface area contributed by atoms with Gasteiger partial charge in [-0.25, -0.2) is 17.2 Å². The highest BCUT2D eigenvalue weighted by Gasteiger charge is 2.24. The van der Waals surface area contributed by atoms with Gasteiger partial charge in [0.15, 0.2) is 6.29 Å². The maximum absolute atomic E-state index is 13.1. The molecule has 0 radical (unpaired) electrons. The second kappa shape index (κ2) is 7.66. The van der Waals surface area contributed by atoms with Crippen molar-refractivity contribution in [1.29, 1.82) is 0 Å². The van der Waals surface area contributed by atoms with Crippen LogP contribution >= 0.6 is 11.6 Å². The summed E-state index contributed by atoms with van der Waals surface area (Å²) in [7, 11) is -3.91. The van der Waals surface area contributed by atoms with Crippen LogP contribution in [0.25, 0.3) is 10.9 Å². The highest BCUT2D eigenvalue weighted by molar-refractivity contribution is 7.90. The third-order valence-electron chi connectivity index (χ3n) is 5.20. The summed E-state index contributed by atoms with van der Waals surface area (Å²) in [5.74, 6) is 0. The van der Waals surface area contributed by atoms with Crippen molar-refractivity contribution in [2.24, 2.45) is 0 Å². The number of aromatic nitrogens is 1. The number of hydrogen-bond donors (Lipinski definition) is 1. The Hall–Kier alpha value is -3.04. The van der Waals surface area contributed by atoms with E-state index in [9.17, 15) is 18.0 Å². The highest BCUT2D eigenvalue weighted by Crippen LogP contribution is 2.30. The summed E-state index contributed by atoms with van der Waals surface area (Å²) in [6, 6.07) is 11.0. The average Bonchev–Trinajstić information content (AvgIpc) is 3.13. The largest absolute Gasteiger partial charge is 0.465 e. The van der Waals surface area contributed by atoms with E-state index in [4.69, 9.17) is 16.7 Å². The molecular weight excluding hydrogens is 430 g/mol. The van der Waals surface area contributed by atoms with Crippen molar-refractivity contribution in [1.82, 2.24) is 8.87 Å². The molecule has 156 valence electrons. The van der Waals surface area contributed by atoms with Gasteiger partial charge in [-0.05, 0) is 42.5 Å². The molecule has 30 heavy (non-hydrogen) atoms. The molecule has 1 fully saturated rings. The molecule has 0 saturated carbocycles. The van der Waals surface area contributed by atoms with Gasteiger partial charge in [0, 0.05) is 54.0 Å². The van der Waals surface area contributed by atoms with E-state index in [1.165, 1.54) is 35.4 Å². The lowest BCUT2D eigenvalue weighted by atomic mass is 10.1. The molecule has 2 aromatic carbocycles. The Balaban J connectivity index is 1.73. The summed E-state index contributed by atoms with van der Waals surface area (Å²) in [5.41, 5.74) is 1.45. The Bertz CT molecular complexity index is 1230. The molecule has 1 aliphatic rings. The minimum atomic E-state index is -3.91. The molecule has 1 N–H and O–H groups in total. The molecule has 0 spiro atoms. The van der Waals surface area contributed by atoms with Crippen molar-refractivity contribution in [3.8, 4) is 0 Å². The van der Waals surface area contributed by atoms with Gasteiger partial charge in [-0.1, -0.05) is 11.6 Å². The van der Waals surface area contributed by atoms with Gasteiger partial charge in [-0.2, -0.15) is 0 Å². The van der Waals surface area contributed by atoms with E-state index in [0.717, 1.165) is 9.66 Å². The van der Waals surface area contributed by atoms with Gasteiger partial charge in [-0.3, -0.25) is 4.79 Å². The second-order valence-electron chi connectivity index (χ2n) is 6.92. The lowest BCUT2D eigenvalue weighted by Crippen LogP contribution is -2.48. The molecule has 4 rings (SSSR count). The van der Waals surface area contributed by atoms with Crippen LogP contribution in [-0.4, -0.2) is 61.0 Å². The number of anilines is 1. The van der Waals surface area contributed by atoms with Crippen LogP contribution in [0.15, 0.2) is 53.6 Å². The molecule has 2 heterocycles. The van der Waals surface area contributed by atoms with Crippen LogP contribution in [0.4, 0.5) is 10.5 Å². The number of rotatable bonds is 4. The van der Waals surface area contributed by atoms with Crippen molar-refractivity contribution in [2.75, 3.05) is 31.1 Å². The topological polar surface area (TPSA) is 99.9 Å². The van der Waals surface area contributed by atoms with Gasteiger partial charge < -0.3 is 14.9 Å². The SMILES string of the molecule is O=Cc1cn(S(=O)(=O)c2ccc(Cl)cc2)c2ccc(N3CCN(C(=O)O)CC3)cc12. The number of carbonyl (C=O) groups excluding carboxylic acids is 1. The summed E-state index contributed by atoms with van der Waals surface area (Å²) in [5, 5.41) is 10.0. The Morgan fingerprint density at radius 2 is 1.70 bits per heavy atom. The van der Waals surface area contributed by atoms with Gasteiger partial charge in [0.05, 0.1) is 10.4 Å².